The number of para-hydroxylation sites is 2. The van der Waals surface area contributed by atoms with Crippen molar-refractivity contribution in [1.29, 1.82) is 0 Å². The fourth-order valence-corrected chi connectivity index (χ4v) is 3.21. The van der Waals surface area contributed by atoms with Gasteiger partial charge in [-0.1, -0.05) is 61.0 Å². The number of ether oxygens (including phenoxy) is 1. The highest BCUT2D eigenvalue weighted by Crippen LogP contribution is 2.32. The molecule has 1 N–H and O–H groups in total. The highest BCUT2D eigenvalue weighted by molar-refractivity contribution is 6.33. The molecule has 1 amide bonds. The zero-order valence-corrected chi connectivity index (χ0v) is 17.5. The van der Waals surface area contributed by atoms with Crippen molar-refractivity contribution in [2.24, 2.45) is 0 Å². The number of nitrogens with zero attached hydrogens (tertiary/aromatic N) is 2. The minimum Gasteiger partial charge on any atom is -0.480 e. The third-order valence-electron chi connectivity index (χ3n) is 4.63. The van der Waals surface area contributed by atoms with Crippen molar-refractivity contribution < 1.29 is 13.9 Å². The molecule has 156 valence electrons. The molecule has 4 aromatic rings. The van der Waals surface area contributed by atoms with Crippen molar-refractivity contribution in [2.75, 3.05) is 5.32 Å². The van der Waals surface area contributed by atoms with Gasteiger partial charge >= 0.3 is 0 Å². The SMILES string of the molecule is CC[C@H](Oc1ccccc1-c1nnc(-c2ccccc2)o1)C(=O)Nc1ccccc1Cl. The minimum absolute atomic E-state index is 0.291. The molecule has 0 radical (unpaired) electrons. The number of carbonyl (C=O) groups excluding carboxylic acids is 1. The molecule has 0 saturated carbocycles. The Bertz CT molecular complexity index is 1180. The van der Waals surface area contributed by atoms with Crippen LogP contribution in [-0.4, -0.2) is 22.2 Å². The number of hydrogen-bond acceptors (Lipinski definition) is 5. The van der Waals surface area contributed by atoms with Gasteiger partial charge in [-0.15, -0.1) is 10.2 Å². The maximum absolute atomic E-state index is 12.8. The molecule has 0 aliphatic carbocycles. The first-order valence-corrected chi connectivity index (χ1v) is 10.2. The van der Waals surface area contributed by atoms with Gasteiger partial charge in [0.2, 0.25) is 5.89 Å². The van der Waals surface area contributed by atoms with Crippen LogP contribution in [0.5, 0.6) is 5.75 Å². The van der Waals surface area contributed by atoms with E-state index in [1.165, 1.54) is 0 Å². The maximum Gasteiger partial charge on any atom is 0.265 e. The van der Waals surface area contributed by atoms with E-state index >= 15 is 0 Å². The molecule has 31 heavy (non-hydrogen) atoms. The third kappa shape index (κ3) is 4.75. The Hall–Kier alpha value is -3.64. The summed E-state index contributed by atoms with van der Waals surface area (Å²) in [5, 5.41) is 11.6. The summed E-state index contributed by atoms with van der Waals surface area (Å²) in [6.07, 6.45) is -0.266. The Balaban J connectivity index is 1.56. The molecular formula is C24H20ClN3O3. The Kier molecular flexibility index (Phi) is 6.29. The van der Waals surface area contributed by atoms with E-state index in [2.05, 4.69) is 15.5 Å². The first-order valence-electron chi connectivity index (χ1n) is 9.86. The van der Waals surface area contributed by atoms with E-state index in [1.54, 1.807) is 30.3 Å². The van der Waals surface area contributed by atoms with Crippen molar-refractivity contribution >= 4 is 23.2 Å². The summed E-state index contributed by atoms with van der Waals surface area (Å²) in [6.45, 7) is 1.87. The van der Waals surface area contributed by atoms with Crippen molar-refractivity contribution in [3.63, 3.8) is 0 Å². The summed E-state index contributed by atoms with van der Waals surface area (Å²) >= 11 is 6.15. The van der Waals surface area contributed by atoms with Gasteiger partial charge in [0.1, 0.15) is 5.75 Å². The number of aromatic nitrogens is 2. The van der Waals surface area contributed by atoms with E-state index in [0.29, 0.717) is 40.2 Å². The van der Waals surface area contributed by atoms with E-state index in [0.717, 1.165) is 5.56 Å². The molecule has 1 atom stereocenters. The molecule has 6 nitrogen and oxygen atoms in total. The summed E-state index contributed by atoms with van der Waals surface area (Å²) in [4.78, 5) is 12.8. The van der Waals surface area contributed by atoms with Crippen LogP contribution in [0.1, 0.15) is 13.3 Å². The first kappa shape index (κ1) is 20.6. The zero-order chi connectivity index (χ0) is 21.6. The Morgan fingerprint density at radius 1 is 0.968 bits per heavy atom. The Labute approximate surface area is 184 Å². The second kappa shape index (κ2) is 9.45. The maximum atomic E-state index is 12.8. The molecule has 7 heteroatoms. The lowest BCUT2D eigenvalue weighted by Gasteiger charge is -2.19. The van der Waals surface area contributed by atoms with Crippen molar-refractivity contribution in [2.45, 2.75) is 19.4 Å². The molecule has 0 aliphatic heterocycles. The lowest BCUT2D eigenvalue weighted by atomic mass is 10.2. The van der Waals surface area contributed by atoms with Gasteiger partial charge in [-0.2, -0.15) is 0 Å². The van der Waals surface area contributed by atoms with E-state index in [4.69, 9.17) is 20.8 Å². The molecule has 0 unspecified atom stereocenters. The van der Waals surface area contributed by atoms with Crippen molar-refractivity contribution in [3.05, 3.63) is 83.9 Å². The average Bonchev–Trinajstić information content (AvgIpc) is 3.30. The van der Waals surface area contributed by atoms with Crippen LogP contribution >= 0.6 is 11.6 Å². The second-order valence-electron chi connectivity index (χ2n) is 6.76. The number of anilines is 1. The second-order valence-corrected chi connectivity index (χ2v) is 7.17. The molecule has 1 heterocycles. The standard InChI is InChI=1S/C24H20ClN3O3/c1-2-20(22(29)26-19-14-8-7-13-18(19)25)30-21-15-9-6-12-17(21)24-28-27-23(31-24)16-10-4-3-5-11-16/h3-15,20H,2H2,1H3,(H,26,29)/t20-/m0/s1. The molecule has 0 bridgehead atoms. The van der Waals surface area contributed by atoms with Crippen LogP contribution in [-0.2, 0) is 4.79 Å². The molecule has 0 aliphatic rings. The lowest BCUT2D eigenvalue weighted by molar-refractivity contribution is -0.122. The van der Waals surface area contributed by atoms with Crippen molar-refractivity contribution in [3.8, 4) is 28.7 Å². The molecule has 1 aromatic heterocycles. The van der Waals surface area contributed by atoms with E-state index in [1.807, 2.05) is 55.5 Å². The number of carbonyl (C=O) groups is 1. The Morgan fingerprint density at radius 2 is 1.65 bits per heavy atom. The van der Waals surface area contributed by atoms with E-state index in [-0.39, 0.29) is 5.91 Å². The number of nitrogens with one attached hydrogen (secondary N) is 1. The van der Waals surface area contributed by atoms with Gasteiger partial charge in [0, 0.05) is 5.56 Å². The highest BCUT2D eigenvalue weighted by Gasteiger charge is 2.22. The van der Waals surface area contributed by atoms with Crippen LogP contribution in [0.15, 0.2) is 83.3 Å². The van der Waals surface area contributed by atoms with Gasteiger partial charge in [0.25, 0.3) is 11.8 Å². The van der Waals surface area contributed by atoms with Crippen LogP contribution in [0.2, 0.25) is 5.02 Å². The fraction of sp³-hybridized carbons (Fsp3) is 0.125. The monoisotopic (exact) mass is 433 g/mol. The summed E-state index contributed by atoms with van der Waals surface area (Å²) in [6, 6.07) is 23.8. The number of benzene rings is 3. The predicted octanol–water partition coefficient (Wildman–Crippen LogP) is 5.85. The van der Waals surface area contributed by atoms with Crippen LogP contribution in [0.25, 0.3) is 22.9 Å². The first-order chi connectivity index (χ1) is 15.2. The number of hydrogen-bond donors (Lipinski definition) is 1. The largest absolute Gasteiger partial charge is 0.480 e. The van der Waals surface area contributed by atoms with Crippen molar-refractivity contribution in [1.82, 2.24) is 10.2 Å². The average molecular weight is 434 g/mol. The van der Waals surface area contributed by atoms with Gasteiger partial charge in [0.05, 0.1) is 16.3 Å². The van der Waals surface area contributed by atoms with E-state index in [9.17, 15) is 4.79 Å². The summed E-state index contributed by atoms with van der Waals surface area (Å²) in [5.74, 6) is 0.914. The number of halogens is 1. The van der Waals surface area contributed by atoms with E-state index < -0.39 is 6.10 Å². The smallest absolute Gasteiger partial charge is 0.265 e. The molecule has 3 aromatic carbocycles. The van der Waals surface area contributed by atoms with Crippen LogP contribution < -0.4 is 10.1 Å². The minimum atomic E-state index is -0.728. The third-order valence-corrected chi connectivity index (χ3v) is 4.96. The highest BCUT2D eigenvalue weighted by atomic mass is 35.5. The van der Waals surface area contributed by atoms with Gasteiger partial charge in [-0.05, 0) is 42.8 Å². The Morgan fingerprint density at radius 3 is 2.42 bits per heavy atom. The number of amides is 1. The number of rotatable bonds is 7. The van der Waals surface area contributed by atoms with Crippen LogP contribution in [0.4, 0.5) is 5.69 Å². The lowest BCUT2D eigenvalue weighted by Crippen LogP contribution is -2.32. The van der Waals surface area contributed by atoms with Crippen LogP contribution in [0.3, 0.4) is 0 Å². The predicted molar refractivity (Wildman–Crippen MR) is 120 cm³/mol. The summed E-state index contributed by atoms with van der Waals surface area (Å²) < 4.78 is 11.9. The molecule has 0 saturated heterocycles. The van der Waals surface area contributed by atoms with Crippen LogP contribution in [0, 0.1) is 0 Å². The normalized spacial score (nSPS) is 11.7. The summed E-state index contributed by atoms with van der Waals surface area (Å²) in [5.41, 5.74) is 1.97. The zero-order valence-electron chi connectivity index (χ0n) is 16.8. The topological polar surface area (TPSA) is 77.2 Å². The molecular weight excluding hydrogens is 414 g/mol. The molecule has 4 rings (SSSR count). The quantitative estimate of drug-likeness (QED) is 0.395. The molecule has 0 fully saturated rings. The van der Waals surface area contributed by atoms with Gasteiger partial charge < -0.3 is 14.5 Å². The molecule has 0 spiro atoms. The fourth-order valence-electron chi connectivity index (χ4n) is 3.03. The van der Waals surface area contributed by atoms with Gasteiger partial charge in [0.15, 0.2) is 6.10 Å². The summed E-state index contributed by atoms with van der Waals surface area (Å²) in [7, 11) is 0. The van der Waals surface area contributed by atoms with Gasteiger partial charge in [-0.25, -0.2) is 0 Å². The van der Waals surface area contributed by atoms with Gasteiger partial charge in [-0.3, -0.25) is 4.79 Å².